The average Bonchev–Trinajstić information content (AvgIpc) is 2.62. The zero-order chi connectivity index (χ0) is 20.0. The Hall–Kier alpha value is -1.15. The van der Waals surface area contributed by atoms with Gasteiger partial charge in [-0.1, -0.05) is 32.4 Å². The van der Waals surface area contributed by atoms with E-state index in [1.54, 1.807) is 19.9 Å². The zero-order valence-electron chi connectivity index (χ0n) is 16.4. The molecule has 1 heterocycles. The van der Waals surface area contributed by atoms with Crippen molar-refractivity contribution in [1.29, 1.82) is 0 Å². The number of hydrogen-bond acceptors (Lipinski definition) is 4. The van der Waals surface area contributed by atoms with E-state index in [-0.39, 0.29) is 15.8 Å². The van der Waals surface area contributed by atoms with E-state index in [0.717, 1.165) is 19.6 Å². The summed E-state index contributed by atoms with van der Waals surface area (Å²) in [6.45, 7) is 9.94. The van der Waals surface area contributed by atoms with Crippen LogP contribution in [0.2, 0.25) is 5.02 Å². The Morgan fingerprint density at radius 3 is 2.67 bits per heavy atom. The van der Waals surface area contributed by atoms with Crippen molar-refractivity contribution in [3.8, 4) is 0 Å². The third-order valence-electron chi connectivity index (χ3n) is 4.97. The SMILES string of the molecule is CCN(CC)S(=O)(=O)c1cc(C(=O)NCCN2CCCC(C)C2)ccc1Cl. The van der Waals surface area contributed by atoms with Crippen LogP contribution in [0.3, 0.4) is 0 Å². The van der Waals surface area contributed by atoms with Crippen molar-refractivity contribution in [2.75, 3.05) is 39.3 Å². The highest BCUT2D eigenvalue weighted by Crippen LogP contribution is 2.26. The summed E-state index contributed by atoms with van der Waals surface area (Å²) in [5, 5.41) is 3.01. The molecule has 0 saturated carbocycles. The Bertz CT molecular complexity index is 751. The molecule has 1 unspecified atom stereocenters. The first-order valence-electron chi connectivity index (χ1n) is 9.59. The normalized spacial score (nSPS) is 18.6. The summed E-state index contributed by atoms with van der Waals surface area (Å²) in [6.07, 6.45) is 2.45. The number of nitrogens with one attached hydrogen (secondary N) is 1. The lowest BCUT2D eigenvalue weighted by atomic mass is 10.0. The van der Waals surface area contributed by atoms with Crippen LogP contribution in [0, 0.1) is 5.92 Å². The molecule has 0 aromatic heterocycles. The van der Waals surface area contributed by atoms with Crippen LogP contribution in [0.15, 0.2) is 23.1 Å². The van der Waals surface area contributed by atoms with Crippen LogP contribution >= 0.6 is 11.6 Å². The minimum atomic E-state index is -3.72. The molecule has 1 aromatic carbocycles. The second-order valence-electron chi connectivity index (χ2n) is 7.04. The van der Waals surface area contributed by atoms with Crippen LogP contribution in [0.4, 0.5) is 0 Å². The number of carbonyl (C=O) groups is 1. The molecule has 1 saturated heterocycles. The molecule has 2 rings (SSSR count). The Kier molecular flexibility index (Phi) is 8.09. The van der Waals surface area contributed by atoms with Gasteiger partial charge >= 0.3 is 0 Å². The Balaban J connectivity index is 2.05. The molecule has 27 heavy (non-hydrogen) atoms. The molecule has 6 nitrogen and oxygen atoms in total. The number of rotatable bonds is 8. The second-order valence-corrected chi connectivity index (χ2v) is 9.35. The van der Waals surface area contributed by atoms with E-state index >= 15 is 0 Å². The van der Waals surface area contributed by atoms with Gasteiger partial charge in [0.1, 0.15) is 4.90 Å². The number of hydrogen-bond donors (Lipinski definition) is 1. The summed E-state index contributed by atoms with van der Waals surface area (Å²) >= 11 is 6.12. The predicted octanol–water partition coefficient (Wildman–Crippen LogP) is 2.83. The summed E-state index contributed by atoms with van der Waals surface area (Å²) in [4.78, 5) is 14.8. The minimum Gasteiger partial charge on any atom is -0.351 e. The van der Waals surface area contributed by atoms with Crippen molar-refractivity contribution in [2.45, 2.75) is 38.5 Å². The van der Waals surface area contributed by atoms with Gasteiger partial charge in [-0.25, -0.2) is 8.42 Å². The Morgan fingerprint density at radius 2 is 2.04 bits per heavy atom. The fraction of sp³-hybridized carbons (Fsp3) is 0.632. The molecule has 1 N–H and O–H groups in total. The zero-order valence-corrected chi connectivity index (χ0v) is 17.9. The number of benzene rings is 1. The predicted molar refractivity (Wildman–Crippen MR) is 109 cm³/mol. The quantitative estimate of drug-likeness (QED) is 0.708. The largest absolute Gasteiger partial charge is 0.351 e. The molecular weight excluding hydrogens is 386 g/mol. The molecule has 152 valence electrons. The third-order valence-corrected chi connectivity index (χ3v) is 7.50. The van der Waals surface area contributed by atoms with Gasteiger partial charge in [0, 0.05) is 38.3 Å². The van der Waals surface area contributed by atoms with Crippen molar-refractivity contribution < 1.29 is 13.2 Å². The van der Waals surface area contributed by atoms with Crippen molar-refractivity contribution >= 4 is 27.5 Å². The molecule has 0 aliphatic carbocycles. The molecule has 1 aliphatic heterocycles. The van der Waals surface area contributed by atoms with Crippen LogP contribution in [0.5, 0.6) is 0 Å². The first-order valence-corrected chi connectivity index (χ1v) is 11.4. The monoisotopic (exact) mass is 415 g/mol. The second kappa shape index (κ2) is 9.87. The molecule has 1 aromatic rings. The van der Waals surface area contributed by atoms with E-state index in [1.165, 1.54) is 29.3 Å². The van der Waals surface area contributed by atoms with E-state index in [1.807, 2.05) is 0 Å². The van der Waals surface area contributed by atoms with Gasteiger partial charge in [-0.2, -0.15) is 4.31 Å². The van der Waals surface area contributed by atoms with Gasteiger partial charge in [0.15, 0.2) is 0 Å². The topological polar surface area (TPSA) is 69.7 Å². The van der Waals surface area contributed by atoms with Crippen LogP contribution < -0.4 is 5.32 Å². The summed E-state index contributed by atoms with van der Waals surface area (Å²) in [7, 11) is -3.72. The van der Waals surface area contributed by atoms with E-state index < -0.39 is 10.0 Å². The molecule has 0 spiro atoms. The summed E-state index contributed by atoms with van der Waals surface area (Å²) in [5.74, 6) is 0.409. The molecule has 1 atom stereocenters. The number of piperidine rings is 1. The number of nitrogens with zero attached hydrogens (tertiary/aromatic N) is 2. The van der Waals surface area contributed by atoms with Crippen LogP contribution in [-0.4, -0.2) is 62.8 Å². The Morgan fingerprint density at radius 1 is 1.33 bits per heavy atom. The van der Waals surface area contributed by atoms with E-state index in [2.05, 4.69) is 17.1 Å². The van der Waals surface area contributed by atoms with E-state index in [0.29, 0.717) is 31.1 Å². The van der Waals surface area contributed by atoms with Crippen molar-refractivity contribution in [1.82, 2.24) is 14.5 Å². The first-order chi connectivity index (χ1) is 12.8. The fourth-order valence-electron chi connectivity index (χ4n) is 3.46. The van der Waals surface area contributed by atoms with Crippen LogP contribution in [-0.2, 0) is 10.0 Å². The Labute approximate surface area is 167 Å². The van der Waals surface area contributed by atoms with Gasteiger partial charge in [-0.3, -0.25) is 4.79 Å². The number of likely N-dealkylation sites (tertiary alicyclic amines) is 1. The maximum absolute atomic E-state index is 12.7. The van der Waals surface area contributed by atoms with Crippen LogP contribution in [0.1, 0.15) is 44.0 Å². The fourth-order valence-corrected chi connectivity index (χ4v) is 5.42. The lowest BCUT2D eigenvalue weighted by molar-refractivity contribution is 0.0943. The summed E-state index contributed by atoms with van der Waals surface area (Å²) in [6, 6.07) is 4.40. The van der Waals surface area contributed by atoms with Crippen molar-refractivity contribution in [2.24, 2.45) is 5.92 Å². The number of carbonyl (C=O) groups excluding carboxylic acids is 1. The molecule has 0 radical (unpaired) electrons. The lowest BCUT2D eigenvalue weighted by Crippen LogP contribution is -2.40. The first kappa shape index (κ1) is 22.1. The van der Waals surface area contributed by atoms with Gasteiger partial charge in [0.05, 0.1) is 5.02 Å². The molecular formula is C19H30ClN3O3S. The van der Waals surface area contributed by atoms with Crippen molar-refractivity contribution in [3.63, 3.8) is 0 Å². The summed E-state index contributed by atoms with van der Waals surface area (Å²) in [5.41, 5.74) is 0.303. The molecule has 0 bridgehead atoms. The highest BCUT2D eigenvalue weighted by Gasteiger charge is 2.25. The smallest absolute Gasteiger partial charge is 0.251 e. The highest BCUT2D eigenvalue weighted by atomic mass is 35.5. The third kappa shape index (κ3) is 5.67. The van der Waals surface area contributed by atoms with Gasteiger partial charge in [-0.15, -0.1) is 0 Å². The van der Waals surface area contributed by atoms with Gasteiger partial charge in [-0.05, 0) is 43.5 Å². The average molecular weight is 416 g/mol. The van der Waals surface area contributed by atoms with E-state index in [4.69, 9.17) is 11.6 Å². The lowest BCUT2D eigenvalue weighted by Gasteiger charge is -2.30. The molecule has 1 amide bonds. The van der Waals surface area contributed by atoms with Gasteiger partial charge in [0.25, 0.3) is 5.91 Å². The standard InChI is InChI=1S/C19H30ClN3O3S/c1-4-23(5-2)27(25,26)18-13-16(8-9-17(18)20)19(24)21-10-12-22-11-6-7-15(3)14-22/h8-9,13,15H,4-7,10-12,14H2,1-3H3,(H,21,24). The number of sulfonamides is 1. The highest BCUT2D eigenvalue weighted by molar-refractivity contribution is 7.89. The van der Waals surface area contributed by atoms with E-state index in [9.17, 15) is 13.2 Å². The van der Waals surface area contributed by atoms with Gasteiger partial charge < -0.3 is 10.2 Å². The number of halogens is 1. The van der Waals surface area contributed by atoms with Crippen molar-refractivity contribution in [3.05, 3.63) is 28.8 Å². The number of amides is 1. The minimum absolute atomic E-state index is 0.0228. The molecule has 1 fully saturated rings. The maximum atomic E-state index is 12.7. The van der Waals surface area contributed by atoms with Crippen LogP contribution in [0.25, 0.3) is 0 Å². The maximum Gasteiger partial charge on any atom is 0.251 e. The molecule has 1 aliphatic rings. The molecule has 8 heteroatoms. The van der Waals surface area contributed by atoms with Gasteiger partial charge in [0.2, 0.25) is 10.0 Å². The summed E-state index contributed by atoms with van der Waals surface area (Å²) < 4.78 is 26.8.